The van der Waals surface area contributed by atoms with Crippen LogP contribution in [0.2, 0.25) is 0 Å². The van der Waals surface area contributed by atoms with Gasteiger partial charge in [0.25, 0.3) is 5.91 Å². The average Bonchev–Trinajstić information content (AvgIpc) is 3.44. The summed E-state index contributed by atoms with van der Waals surface area (Å²) in [5.74, 6) is -0.0192. The van der Waals surface area contributed by atoms with Crippen LogP contribution in [0, 0.1) is 0 Å². The number of carbonyl (C=O) groups excluding carboxylic acids is 1. The van der Waals surface area contributed by atoms with Crippen molar-refractivity contribution in [2.75, 3.05) is 19.6 Å². The molecular weight excluding hydrogens is 348 g/mol. The molecule has 1 aliphatic heterocycles. The Labute approximate surface area is 166 Å². The van der Waals surface area contributed by atoms with Crippen molar-refractivity contribution in [1.29, 1.82) is 0 Å². The summed E-state index contributed by atoms with van der Waals surface area (Å²) < 4.78 is 2.01. The minimum absolute atomic E-state index is 0.0192. The number of amides is 1. The molecule has 1 atom stereocenters. The van der Waals surface area contributed by atoms with E-state index in [-0.39, 0.29) is 11.9 Å². The van der Waals surface area contributed by atoms with Gasteiger partial charge in [-0.25, -0.2) is 4.98 Å². The van der Waals surface area contributed by atoms with Gasteiger partial charge in [0.1, 0.15) is 0 Å². The van der Waals surface area contributed by atoms with Crippen molar-refractivity contribution in [1.82, 2.24) is 19.8 Å². The quantitative estimate of drug-likeness (QED) is 0.689. The fraction of sp³-hybridized carbons (Fsp3) is 0.304. The molecule has 0 spiro atoms. The Bertz CT molecular complexity index is 869. The van der Waals surface area contributed by atoms with E-state index in [1.807, 2.05) is 41.1 Å². The average molecular weight is 374 g/mol. The third-order valence-corrected chi connectivity index (χ3v) is 5.36. The first-order valence-corrected chi connectivity index (χ1v) is 9.91. The Morgan fingerprint density at radius 1 is 1.04 bits per heavy atom. The summed E-state index contributed by atoms with van der Waals surface area (Å²) in [5, 5.41) is 3.14. The van der Waals surface area contributed by atoms with Crippen LogP contribution in [-0.4, -0.2) is 40.0 Å². The van der Waals surface area contributed by atoms with Crippen molar-refractivity contribution >= 4 is 5.91 Å². The van der Waals surface area contributed by atoms with Crippen LogP contribution in [0.25, 0.3) is 0 Å². The first-order valence-electron chi connectivity index (χ1n) is 9.91. The van der Waals surface area contributed by atoms with Gasteiger partial charge in [-0.05, 0) is 49.2 Å². The van der Waals surface area contributed by atoms with Gasteiger partial charge in [-0.15, -0.1) is 0 Å². The monoisotopic (exact) mass is 374 g/mol. The zero-order valence-electron chi connectivity index (χ0n) is 16.0. The summed E-state index contributed by atoms with van der Waals surface area (Å²) in [6.45, 7) is 3.57. The second-order valence-electron chi connectivity index (χ2n) is 7.31. The standard InChI is InChI=1S/C23H26N4O/c28-23(21-10-8-19(9-11-21)17-26-15-12-24-18-26)25-16-22(27-13-4-5-14-27)20-6-2-1-3-7-20/h1-3,6-12,15,18,22H,4-5,13-14,16-17H2,(H,25,28). The fourth-order valence-electron chi connectivity index (χ4n) is 3.83. The molecule has 1 N–H and O–H groups in total. The van der Waals surface area contributed by atoms with E-state index in [1.165, 1.54) is 18.4 Å². The minimum Gasteiger partial charge on any atom is -0.350 e. The second-order valence-corrected chi connectivity index (χ2v) is 7.31. The topological polar surface area (TPSA) is 50.2 Å². The van der Waals surface area contributed by atoms with Gasteiger partial charge >= 0.3 is 0 Å². The molecule has 3 aromatic rings. The van der Waals surface area contributed by atoms with Crippen LogP contribution in [0.1, 0.15) is 40.4 Å². The number of nitrogens with zero attached hydrogens (tertiary/aromatic N) is 3. The molecule has 0 saturated carbocycles. The zero-order chi connectivity index (χ0) is 19.2. The maximum Gasteiger partial charge on any atom is 0.251 e. The third kappa shape index (κ3) is 4.49. The number of nitrogens with one attached hydrogen (secondary N) is 1. The lowest BCUT2D eigenvalue weighted by molar-refractivity contribution is 0.0938. The van der Waals surface area contributed by atoms with Crippen LogP contribution in [0.5, 0.6) is 0 Å². The predicted octanol–water partition coefficient (Wildman–Crippen LogP) is 3.50. The van der Waals surface area contributed by atoms with Gasteiger partial charge in [0.2, 0.25) is 0 Å². The van der Waals surface area contributed by atoms with E-state index in [0.29, 0.717) is 12.1 Å². The number of aromatic nitrogens is 2. The largest absolute Gasteiger partial charge is 0.350 e. The number of hydrogen-bond acceptors (Lipinski definition) is 3. The van der Waals surface area contributed by atoms with Gasteiger partial charge in [0.15, 0.2) is 0 Å². The van der Waals surface area contributed by atoms with Crippen LogP contribution >= 0.6 is 0 Å². The Kier molecular flexibility index (Phi) is 5.83. The van der Waals surface area contributed by atoms with E-state index in [2.05, 4.69) is 39.5 Å². The summed E-state index contributed by atoms with van der Waals surface area (Å²) in [6.07, 6.45) is 7.96. The van der Waals surface area contributed by atoms with Crippen molar-refractivity contribution in [3.05, 3.63) is 90.0 Å². The van der Waals surface area contributed by atoms with E-state index in [1.54, 1.807) is 12.5 Å². The second kappa shape index (κ2) is 8.85. The van der Waals surface area contributed by atoms with E-state index >= 15 is 0 Å². The number of likely N-dealkylation sites (tertiary alicyclic amines) is 1. The molecule has 5 heteroatoms. The molecule has 1 amide bonds. The van der Waals surface area contributed by atoms with E-state index in [9.17, 15) is 4.79 Å². The molecular formula is C23H26N4O. The molecule has 2 aromatic carbocycles. The van der Waals surface area contributed by atoms with Gasteiger partial charge in [-0.2, -0.15) is 0 Å². The van der Waals surface area contributed by atoms with Gasteiger partial charge in [0, 0.05) is 31.0 Å². The first-order chi connectivity index (χ1) is 13.8. The molecule has 1 unspecified atom stereocenters. The highest BCUT2D eigenvalue weighted by Gasteiger charge is 2.23. The van der Waals surface area contributed by atoms with Crippen LogP contribution in [0.4, 0.5) is 0 Å². The number of imidazole rings is 1. The lowest BCUT2D eigenvalue weighted by Crippen LogP contribution is -2.36. The summed E-state index contributed by atoms with van der Waals surface area (Å²) in [5.41, 5.74) is 3.11. The maximum atomic E-state index is 12.7. The fourth-order valence-corrected chi connectivity index (χ4v) is 3.83. The highest BCUT2D eigenvalue weighted by Crippen LogP contribution is 2.24. The number of hydrogen-bond donors (Lipinski definition) is 1. The van der Waals surface area contributed by atoms with Crippen LogP contribution in [0.3, 0.4) is 0 Å². The van der Waals surface area contributed by atoms with Gasteiger partial charge in [-0.3, -0.25) is 9.69 Å². The van der Waals surface area contributed by atoms with Crippen molar-refractivity contribution in [3.8, 4) is 0 Å². The molecule has 1 aliphatic rings. The lowest BCUT2D eigenvalue weighted by Gasteiger charge is -2.28. The van der Waals surface area contributed by atoms with Crippen molar-refractivity contribution in [3.63, 3.8) is 0 Å². The van der Waals surface area contributed by atoms with Gasteiger partial charge < -0.3 is 9.88 Å². The molecule has 144 valence electrons. The molecule has 1 saturated heterocycles. The zero-order valence-corrected chi connectivity index (χ0v) is 16.0. The van der Waals surface area contributed by atoms with Crippen molar-refractivity contribution < 1.29 is 4.79 Å². The number of benzene rings is 2. The van der Waals surface area contributed by atoms with Crippen LogP contribution in [-0.2, 0) is 6.54 Å². The van der Waals surface area contributed by atoms with Crippen LogP contribution in [0.15, 0.2) is 73.3 Å². The molecule has 5 nitrogen and oxygen atoms in total. The molecule has 28 heavy (non-hydrogen) atoms. The molecule has 0 bridgehead atoms. The first kappa shape index (κ1) is 18.4. The Hall–Kier alpha value is -2.92. The molecule has 0 radical (unpaired) electrons. The van der Waals surface area contributed by atoms with Gasteiger partial charge in [0.05, 0.1) is 12.4 Å². The molecule has 0 aliphatic carbocycles. The minimum atomic E-state index is -0.0192. The normalized spacial score (nSPS) is 15.4. The van der Waals surface area contributed by atoms with Crippen molar-refractivity contribution in [2.24, 2.45) is 0 Å². The molecule has 2 heterocycles. The number of rotatable bonds is 7. The number of carbonyl (C=O) groups is 1. The van der Waals surface area contributed by atoms with Crippen molar-refractivity contribution in [2.45, 2.75) is 25.4 Å². The predicted molar refractivity (Wildman–Crippen MR) is 110 cm³/mol. The highest BCUT2D eigenvalue weighted by atomic mass is 16.1. The highest BCUT2D eigenvalue weighted by molar-refractivity contribution is 5.94. The summed E-state index contributed by atoms with van der Waals surface area (Å²) >= 11 is 0. The molecule has 4 rings (SSSR count). The van der Waals surface area contributed by atoms with E-state index in [0.717, 1.165) is 25.2 Å². The lowest BCUT2D eigenvalue weighted by atomic mass is 10.1. The smallest absolute Gasteiger partial charge is 0.251 e. The Morgan fingerprint density at radius 2 is 1.79 bits per heavy atom. The third-order valence-electron chi connectivity index (χ3n) is 5.36. The van der Waals surface area contributed by atoms with E-state index in [4.69, 9.17) is 0 Å². The molecule has 1 fully saturated rings. The summed E-state index contributed by atoms with van der Waals surface area (Å²) in [4.78, 5) is 19.2. The summed E-state index contributed by atoms with van der Waals surface area (Å²) in [7, 11) is 0. The maximum absolute atomic E-state index is 12.7. The summed E-state index contributed by atoms with van der Waals surface area (Å²) in [6, 6.07) is 18.5. The Morgan fingerprint density at radius 3 is 2.46 bits per heavy atom. The Balaban J connectivity index is 1.39. The van der Waals surface area contributed by atoms with E-state index < -0.39 is 0 Å². The van der Waals surface area contributed by atoms with Crippen LogP contribution < -0.4 is 5.32 Å². The molecule has 1 aromatic heterocycles. The SMILES string of the molecule is O=C(NCC(c1ccccc1)N1CCCC1)c1ccc(Cn2ccnc2)cc1. The van der Waals surface area contributed by atoms with Gasteiger partial charge in [-0.1, -0.05) is 42.5 Å².